The van der Waals surface area contributed by atoms with Gasteiger partial charge in [-0.1, -0.05) is 13.5 Å². The molecule has 0 unspecified atom stereocenters. The van der Waals surface area contributed by atoms with E-state index in [-0.39, 0.29) is 5.97 Å². The van der Waals surface area contributed by atoms with Crippen molar-refractivity contribution in [3.05, 3.63) is 47.6 Å². The van der Waals surface area contributed by atoms with Crippen LogP contribution in [-0.4, -0.2) is 36.1 Å². The quantitative estimate of drug-likeness (QED) is 0.425. The zero-order valence-electron chi connectivity index (χ0n) is 15.0. The van der Waals surface area contributed by atoms with Gasteiger partial charge in [0.1, 0.15) is 18.5 Å². The Morgan fingerprint density at radius 2 is 2.12 bits per heavy atom. The standard InChI is InChI=1S/C18H20N6O2/c1-5-18(25)26-9-8-24(4)15-12-21-17(10-13(15)2)23-22-14-6-7-16(19-3)20-11-14/h6-7,10-12H,5,8-9H2,1-2,4H3. The first-order chi connectivity index (χ1) is 12.5. The number of nitrogens with zero attached hydrogens (tertiary/aromatic N) is 6. The molecule has 0 fully saturated rings. The summed E-state index contributed by atoms with van der Waals surface area (Å²) in [4.78, 5) is 24.6. The highest BCUT2D eigenvalue weighted by Gasteiger charge is 2.08. The van der Waals surface area contributed by atoms with Crippen LogP contribution >= 0.6 is 0 Å². The van der Waals surface area contributed by atoms with Gasteiger partial charge in [0, 0.05) is 13.5 Å². The van der Waals surface area contributed by atoms with E-state index >= 15 is 0 Å². The first kappa shape index (κ1) is 19.0. The number of pyridine rings is 2. The van der Waals surface area contributed by atoms with Crippen LogP contribution in [0.25, 0.3) is 4.85 Å². The number of rotatable bonds is 7. The van der Waals surface area contributed by atoms with E-state index in [2.05, 4.69) is 25.0 Å². The minimum absolute atomic E-state index is 0.206. The molecule has 8 heteroatoms. The number of hydrogen-bond acceptors (Lipinski definition) is 7. The second kappa shape index (κ2) is 9.22. The van der Waals surface area contributed by atoms with Gasteiger partial charge in [0.15, 0.2) is 5.82 Å². The third-order valence-corrected chi connectivity index (χ3v) is 3.57. The monoisotopic (exact) mass is 352 g/mol. The second-order valence-corrected chi connectivity index (χ2v) is 5.51. The van der Waals surface area contributed by atoms with Crippen LogP contribution in [0, 0.1) is 13.5 Å². The SMILES string of the molecule is [C-]#[N+]c1ccc(N=Nc2cc(C)c(N(C)CCOC(=O)CC)cn2)cn1. The number of azo groups is 1. The van der Waals surface area contributed by atoms with Crippen LogP contribution in [0.2, 0.25) is 0 Å². The molecule has 0 aliphatic carbocycles. The van der Waals surface area contributed by atoms with Crippen LogP contribution in [0.3, 0.4) is 0 Å². The van der Waals surface area contributed by atoms with Crippen molar-refractivity contribution in [3.8, 4) is 0 Å². The predicted molar refractivity (Wildman–Crippen MR) is 98.2 cm³/mol. The van der Waals surface area contributed by atoms with Gasteiger partial charge in [-0.05, 0) is 30.7 Å². The molecule has 0 saturated heterocycles. The first-order valence-electron chi connectivity index (χ1n) is 8.12. The van der Waals surface area contributed by atoms with E-state index in [0.29, 0.717) is 36.9 Å². The van der Waals surface area contributed by atoms with Crippen molar-refractivity contribution in [2.24, 2.45) is 10.2 Å². The summed E-state index contributed by atoms with van der Waals surface area (Å²) in [5, 5.41) is 8.17. The van der Waals surface area contributed by atoms with Gasteiger partial charge in [-0.15, -0.1) is 15.2 Å². The molecule has 26 heavy (non-hydrogen) atoms. The number of carbonyl (C=O) groups excluding carboxylic acids is 1. The molecule has 0 aromatic carbocycles. The molecule has 2 aromatic heterocycles. The lowest BCUT2D eigenvalue weighted by Gasteiger charge is -2.20. The highest BCUT2D eigenvalue weighted by atomic mass is 16.5. The van der Waals surface area contributed by atoms with Crippen LogP contribution in [-0.2, 0) is 9.53 Å². The van der Waals surface area contributed by atoms with E-state index in [9.17, 15) is 4.79 Å². The van der Waals surface area contributed by atoms with E-state index in [1.54, 1.807) is 25.3 Å². The van der Waals surface area contributed by atoms with E-state index in [1.807, 2.05) is 24.9 Å². The molecule has 134 valence electrons. The van der Waals surface area contributed by atoms with Crippen LogP contribution in [0.15, 0.2) is 40.8 Å². The minimum atomic E-state index is -0.206. The van der Waals surface area contributed by atoms with Crippen LogP contribution in [0.4, 0.5) is 23.0 Å². The third kappa shape index (κ3) is 5.34. The molecular weight excluding hydrogens is 332 g/mol. The largest absolute Gasteiger partial charge is 0.464 e. The number of aryl methyl sites for hydroxylation is 1. The number of ether oxygens (including phenoxy) is 1. The summed E-state index contributed by atoms with van der Waals surface area (Å²) < 4.78 is 5.09. The Bertz CT molecular complexity index is 827. The smallest absolute Gasteiger partial charge is 0.305 e. The number of carbonyl (C=O) groups is 1. The zero-order chi connectivity index (χ0) is 18.9. The highest BCUT2D eigenvalue weighted by Crippen LogP contribution is 2.23. The molecule has 0 bridgehead atoms. The van der Waals surface area contributed by atoms with Crippen molar-refractivity contribution in [2.45, 2.75) is 20.3 Å². The molecule has 2 rings (SSSR count). The highest BCUT2D eigenvalue weighted by molar-refractivity contribution is 5.68. The summed E-state index contributed by atoms with van der Waals surface area (Å²) in [6, 6.07) is 5.09. The van der Waals surface area contributed by atoms with Crippen molar-refractivity contribution in [2.75, 3.05) is 25.1 Å². The van der Waals surface area contributed by atoms with Gasteiger partial charge in [0.05, 0.1) is 18.4 Å². The van der Waals surface area contributed by atoms with E-state index in [0.717, 1.165) is 11.3 Å². The summed E-state index contributed by atoms with van der Waals surface area (Å²) in [5.41, 5.74) is 2.47. The molecule has 0 radical (unpaired) electrons. The molecule has 0 atom stereocenters. The maximum Gasteiger partial charge on any atom is 0.305 e. The van der Waals surface area contributed by atoms with Gasteiger partial charge < -0.3 is 14.5 Å². The molecule has 8 nitrogen and oxygen atoms in total. The van der Waals surface area contributed by atoms with E-state index in [1.165, 1.54) is 6.20 Å². The maximum atomic E-state index is 11.2. The Hall–Kier alpha value is -3.34. The van der Waals surface area contributed by atoms with Gasteiger partial charge in [0.25, 0.3) is 5.82 Å². The van der Waals surface area contributed by atoms with Gasteiger partial charge in [0.2, 0.25) is 0 Å². The summed E-state index contributed by atoms with van der Waals surface area (Å²) in [6.45, 7) is 11.5. The van der Waals surface area contributed by atoms with Gasteiger partial charge in [-0.2, -0.15) is 0 Å². The Balaban J connectivity index is 2.00. The summed E-state index contributed by atoms with van der Waals surface area (Å²) in [6.07, 6.45) is 3.58. The van der Waals surface area contributed by atoms with Gasteiger partial charge >= 0.3 is 5.97 Å². The number of anilines is 1. The molecular formula is C18H20N6O2. The van der Waals surface area contributed by atoms with Crippen molar-refractivity contribution in [1.29, 1.82) is 0 Å². The van der Waals surface area contributed by atoms with Crippen molar-refractivity contribution in [1.82, 2.24) is 9.97 Å². The fourth-order valence-electron chi connectivity index (χ4n) is 2.12. The topological polar surface area (TPSA) is 84.4 Å². The molecule has 0 amide bonds. The maximum absolute atomic E-state index is 11.2. The predicted octanol–water partition coefficient (Wildman–Crippen LogP) is 4.14. The lowest BCUT2D eigenvalue weighted by molar-refractivity contribution is -0.142. The Kier molecular flexibility index (Phi) is 6.74. The van der Waals surface area contributed by atoms with E-state index < -0.39 is 0 Å². The average molecular weight is 352 g/mol. The first-order valence-corrected chi connectivity index (χ1v) is 8.12. The number of esters is 1. The Morgan fingerprint density at radius 1 is 1.31 bits per heavy atom. The van der Waals surface area contributed by atoms with Crippen molar-refractivity contribution in [3.63, 3.8) is 0 Å². The minimum Gasteiger partial charge on any atom is -0.464 e. The molecule has 0 N–H and O–H groups in total. The summed E-state index contributed by atoms with van der Waals surface area (Å²) >= 11 is 0. The average Bonchev–Trinajstić information content (AvgIpc) is 2.66. The van der Waals surface area contributed by atoms with Crippen molar-refractivity contribution < 1.29 is 9.53 Å². The third-order valence-electron chi connectivity index (χ3n) is 3.57. The summed E-state index contributed by atoms with van der Waals surface area (Å²) in [5.74, 6) is 0.587. The number of aromatic nitrogens is 2. The second-order valence-electron chi connectivity index (χ2n) is 5.51. The normalized spacial score (nSPS) is 10.5. The Labute approximate surface area is 152 Å². The molecule has 0 aliphatic heterocycles. The Morgan fingerprint density at radius 3 is 2.73 bits per heavy atom. The lowest BCUT2D eigenvalue weighted by Crippen LogP contribution is -2.24. The fourth-order valence-corrected chi connectivity index (χ4v) is 2.12. The molecule has 2 heterocycles. The molecule has 2 aromatic rings. The van der Waals surface area contributed by atoms with Crippen LogP contribution in [0.5, 0.6) is 0 Å². The van der Waals surface area contributed by atoms with E-state index in [4.69, 9.17) is 11.3 Å². The number of hydrogen-bond donors (Lipinski definition) is 0. The zero-order valence-corrected chi connectivity index (χ0v) is 15.0. The van der Waals surface area contributed by atoms with Gasteiger partial charge in [-0.25, -0.2) is 4.98 Å². The van der Waals surface area contributed by atoms with Crippen LogP contribution in [0.1, 0.15) is 18.9 Å². The molecule has 0 spiro atoms. The van der Waals surface area contributed by atoms with Crippen LogP contribution < -0.4 is 4.90 Å². The summed E-state index contributed by atoms with van der Waals surface area (Å²) in [7, 11) is 1.91. The molecule has 0 saturated carbocycles. The van der Waals surface area contributed by atoms with Gasteiger partial charge in [-0.3, -0.25) is 4.79 Å². The fraction of sp³-hybridized carbons (Fsp3) is 0.333. The molecule has 0 aliphatic rings. The van der Waals surface area contributed by atoms with Crippen molar-refractivity contribution >= 4 is 29.0 Å². The lowest BCUT2D eigenvalue weighted by atomic mass is 10.2. The number of likely N-dealkylation sites (N-methyl/N-ethyl adjacent to an activating group) is 1.